The minimum absolute atomic E-state index is 0.202. The molecule has 5 rings (SSSR count). The lowest BCUT2D eigenvalue weighted by atomic mass is 9.98. The van der Waals surface area contributed by atoms with E-state index in [0.717, 1.165) is 36.7 Å². The Balaban J connectivity index is 1.20. The molecule has 1 aromatic carbocycles. The first kappa shape index (κ1) is 23.7. The van der Waals surface area contributed by atoms with Gasteiger partial charge < -0.3 is 15.2 Å². The molecule has 5 nitrogen and oxygen atoms in total. The van der Waals surface area contributed by atoms with E-state index in [0.29, 0.717) is 48.7 Å². The van der Waals surface area contributed by atoms with Gasteiger partial charge in [-0.15, -0.1) is 0 Å². The Morgan fingerprint density at radius 2 is 1.71 bits per heavy atom. The van der Waals surface area contributed by atoms with E-state index in [1.165, 1.54) is 18.2 Å². The summed E-state index contributed by atoms with van der Waals surface area (Å²) < 4.78 is 77.4. The van der Waals surface area contributed by atoms with Crippen molar-refractivity contribution in [1.29, 1.82) is 0 Å². The van der Waals surface area contributed by atoms with Gasteiger partial charge in [-0.2, -0.15) is 26.3 Å². The topological polar surface area (TPSA) is 56.8 Å². The maximum absolute atomic E-state index is 13.0. The molecular formula is C24H23F6N5. The molecule has 3 heterocycles. The highest BCUT2D eigenvalue weighted by atomic mass is 19.4. The van der Waals surface area contributed by atoms with E-state index < -0.39 is 23.6 Å². The van der Waals surface area contributed by atoms with Gasteiger partial charge in [0, 0.05) is 43.1 Å². The number of nitrogens with one attached hydrogen (secondary N) is 2. The summed E-state index contributed by atoms with van der Waals surface area (Å²) in [5.41, 5.74) is -0.232. The average Bonchev–Trinajstić information content (AvgIpc) is 3.53. The van der Waals surface area contributed by atoms with Crippen molar-refractivity contribution < 1.29 is 26.3 Å². The van der Waals surface area contributed by atoms with Gasteiger partial charge in [-0.1, -0.05) is 18.2 Å². The SMILES string of the molecule is FC(F)(F)c1ccc(-c2ncc(CNC3CCC4CN(c5cccc(C(F)(F)F)n5)CC43)[nH]2)cc1. The number of benzene rings is 1. The summed E-state index contributed by atoms with van der Waals surface area (Å²) >= 11 is 0. The number of imidazole rings is 1. The van der Waals surface area contributed by atoms with E-state index in [4.69, 9.17) is 0 Å². The Labute approximate surface area is 197 Å². The van der Waals surface area contributed by atoms with Crippen LogP contribution in [0.4, 0.5) is 32.2 Å². The first-order chi connectivity index (χ1) is 16.6. The Kier molecular flexibility index (Phi) is 5.98. The molecule has 11 heteroatoms. The highest BCUT2D eigenvalue weighted by molar-refractivity contribution is 5.56. The number of hydrogen-bond donors (Lipinski definition) is 2. The molecule has 0 spiro atoms. The van der Waals surface area contributed by atoms with Crippen LogP contribution in [0.15, 0.2) is 48.7 Å². The third-order valence-electron chi connectivity index (χ3n) is 6.87. The molecule has 0 radical (unpaired) electrons. The van der Waals surface area contributed by atoms with Crippen LogP contribution in [0.25, 0.3) is 11.4 Å². The molecule has 0 bridgehead atoms. The van der Waals surface area contributed by atoms with E-state index in [2.05, 4.69) is 20.3 Å². The zero-order valence-corrected chi connectivity index (χ0v) is 18.5. The number of rotatable bonds is 5. The van der Waals surface area contributed by atoms with Crippen LogP contribution in [0.5, 0.6) is 0 Å². The van der Waals surface area contributed by atoms with Crippen molar-refractivity contribution >= 4 is 5.82 Å². The highest BCUT2D eigenvalue weighted by Gasteiger charge is 2.43. The number of aromatic amines is 1. The number of fused-ring (bicyclic) bond motifs is 1. The summed E-state index contributed by atoms with van der Waals surface area (Å²) in [6.45, 7) is 1.82. The fourth-order valence-electron chi connectivity index (χ4n) is 5.12. The first-order valence-corrected chi connectivity index (χ1v) is 11.3. The van der Waals surface area contributed by atoms with Gasteiger partial charge in [-0.25, -0.2) is 9.97 Å². The summed E-state index contributed by atoms with van der Waals surface area (Å²) in [6, 6.07) is 9.01. The average molecular weight is 495 g/mol. The van der Waals surface area contributed by atoms with Crippen LogP contribution < -0.4 is 10.2 Å². The predicted octanol–water partition coefficient (Wildman–Crippen LogP) is 5.51. The van der Waals surface area contributed by atoms with Crippen molar-refractivity contribution in [2.24, 2.45) is 11.8 Å². The molecule has 1 aliphatic carbocycles. The summed E-state index contributed by atoms with van der Waals surface area (Å²) in [5, 5.41) is 3.52. The summed E-state index contributed by atoms with van der Waals surface area (Å²) in [5.74, 6) is 1.52. The zero-order chi connectivity index (χ0) is 24.8. The fraction of sp³-hybridized carbons (Fsp3) is 0.417. The molecule has 3 aromatic rings. The lowest BCUT2D eigenvalue weighted by molar-refractivity contribution is -0.141. The fourth-order valence-corrected chi connectivity index (χ4v) is 5.12. The lowest BCUT2D eigenvalue weighted by Gasteiger charge is -2.23. The van der Waals surface area contributed by atoms with Crippen LogP contribution in [0.2, 0.25) is 0 Å². The van der Waals surface area contributed by atoms with Crippen LogP contribution in [0, 0.1) is 11.8 Å². The number of alkyl halides is 6. The highest BCUT2D eigenvalue weighted by Crippen LogP contribution is 2.40. The summed E-state index contributed by atoms with van der Waals surface area (Å²) in [7, 11) is 0. The van der Waals surface area contributed by atoms with Gasteiger partial charge in [0.1, 0.15) is 17.3 Å². The minimum Gasteiger partial charge on any atom is -0.356 e. The monoisotopic (exact) mass is 495 g/mol. The van der Waals surface area contributed by atoms with Gasteiger partial charge >= 0.3 is 12.4 Å². The molecule has 0 amide bonds. The van der Waals surface area contributed by atoms with E-state index in [9.17, 15) is 26.3 Å². The van der Waals surface area contributed by atoms with E-state index in [1.807, 2.05) is 4.90 Å². The molecule has 3 atom stereocenters. The molecule has 1 saturated heterocycles. The number of H-pyrrole nitrogens is 1. The Bertz CT molecular complexity index is 1170. The molecule has 2 fully saturated rings. The summed E-state index contributed by atoms with van der Waals surface area (Å²) in [6.07, 6.45) is -5.25. The maximum Gasteiger partial charge on any atom is 0.433 e. The molecule has 3 unspecified atom stereocenters. The lowest BCUT2D eigenvalue weighted by Crippen LogP contribution is -2.35. The van der Waals surface area contributed by atoms with Crippen molar-refractivity contribution in [2.45, 2.75) is 37.8 Å². The Hall–Kier alpha value is -3.08. The van der Waals surface area contributed by atoms with E-state index >= 15 is 0 Å². The zero-order valence-electron chi connectivity index (χ0n) is 18.5. The first-order valence-electron chi connectivity index (χ1n) is 11.3. The Morgan fingerprint density at radius 1 is 0.943 bits per heavy atom. The minimum atomic E-state index is -4.47. The molecule has 1 aliphatic heterocycles. The van der Waals surface area contributed by atoms with Crippen molar-refractivity contribution in [2.75, 3.05) is 18.0 Å². The van der Waals surface area contributed by atoms with Crippen molar-refractivity contribution in [1.82, 2.24) is 20.3 Å². The molecule has 186 valence electrons. The smallest absolute Gasteiger partial charge is 0.356 e. The van der Waals surface area contributed by atoms with Crippen LogP contribution in [0.3, 0.4) is 0 Å². The second-order valence-electron chi connectivity index (χ2n) is 9.10. The third kappa shape index (κ3) is 5.00. The number of nitrogens with zero attached hydrogens (tertiary/aromatic N) is 3. The Morgan fingerprint density at radius 3 is 2.43 bits per heavy atom. The van der Waals surface area contributed by atoms with Gasteiger partial charge in [0.25, 0.3) is 0 Å². The van der Waals surface area contributed by atoms with Crippen molar-refractivity contribution in [3.05, 3.63) is 65.6 Å². The van der Waals surface area contributed by atoms with Gasteiger partial charge in [0.15, 0.2) is 0 Å². The number of pyridine rings is 1. The number of anilines is 1. The molecule has 2 aromatic heterocycles. The van der Waals surface area contributed by atoms with Crippen molar-refractivity contribution in [3.63, 3.8) is 0 Å². The van der Waals surface area contributed by atoms with Crippen molar-refractivity contribution in [3.8, 4) is 11.4 Å². The quantitative estimate of drug-likeness (QED) is 0.458. The molecule has 35 heavy (non-hydrogen) atoms. The largest absolute Gasteiger partial charge is 0.433 e. The van der Waals surface area contributed by atoms with Crippen LogP contribution in [0.1, 0.15) is 29.8 Å². The van der Waals surface area contributed by atoms with Crippen LogP contribution in [-0.4, -0.2) is 34.1 Å². The second kappa shape index (κ2) is 8.85. The number of halogens is 6. The number of hydrogen-bond acceptors (Lipinski definition) is 4. The molecule has 2 N–H and O–H groups in total. The summed E-state index contributed by atoms with van der Waals surface area (Å²) in [4.78, 5) is 13.2. The number of aromatic nitrogens is 3. The van der Waals surface area contributed by atoms with E-state index in [-0.39, 0.29) is 6.04 Å². The molecule has 1 saturated carbocycles. The third-order valence-corrected chi connectivity index (χ3v) is 6.87. The van der Waals surface area contributed by atoms with Crippen LogP contribution >= 0.6 is 0 Å². The van der Waals surface area contributed by atoms with Gasteiger partial charge in [0.05, 0.1) is 5.56 Å². The van der Waals surface area contributed by atoms with Gasteiger partial charge in [-0.05, 0) is 48.9 Å². The predicted molar refractivity (Wildman–Crippen MR) is 117 cm³/mol. The molecule has 2 aliphatic rings. The van der Waals surface area contributed by atoms with Gasteiger partial charge in [0.2, 0.25) is 0 Å². The maximum atomic E-state index is 13.0. The normalized spacial score (nSPS) is 22.6. The van der Waals surface area contributed by atoms with E-state index in [1.54, 1.807) is 12.3 Å². The van der Waals surface area contributed by atoms with Gasteiger partial charge in [-0.3, -0.25) is 0 Å². The molecular weight excluding hydrogens is 472 g/mol. The van der Waals surface area contributed by atoms with Crippen LogP contribution in [-0.2, 0) is 18.9 Å². The standard InChI is InChI=1S/C24H23F6N5/c25-23(26,27)16-7-4-14(5-8-16)22-32-11-17(33-22)10-31-19-9-6-15-12-35(13-18(15)19)21-3-1-2-20(34-21)24(28,29)30/h1-5,7-8,11,15,18-19,31H,6,9-10,12-13H2,(H,32,33). The second-order valence-corrected chi connectivity index (χ2v) is 9.10.